The Morgan fingerprint density at radius 1 is 0.966 bits per heavy atom. The van der Waals surface area contributed by atoms with E-state index in [9.17, 15) is 39.6 Å². The van der Waals surface area contributed by atoms with Crippen molar-refractivity contribution in [1.29, 1.82) is 0 Å². The van der Waals surface area contributed by atoms with Crippen molar-refractivity contribution in [3.8, 4) is 23.0 Å². The van der Waals surface area contributed by atoms with Crippen LogP contribution in [0, 0.1) is 30.6 Å². The summed E-state index contributed by atoms with van der Waals surface area (Å²) >= 11 is 0. The molecule has 4 aliphatic heterocycles. The number of nitrogens with zero attached hydrogens (tertiary/aromatic N) is 1. The number of carbonyl (C=O) groups is 4. The van der Waals surface area contributed by atoms with Gasteiger partial charge in [-0.3, -0.25) is 19.2 Å². The van der Waals surface area contributed by atoms with Crippen LogP contribution in [0.5, 0.6) is 23.0 Å². The molecule has 5 N–H and O–H groups in total. The van der Waals surface area contributed by atoms with Gasteiger partial charge in [-0.25, -0.2) is 0 Å². The van der Waals surface area contributed by atoms with Crippen LogP contribution in [0.3, 0.4) is 0 Å². The minimum absolute atomic E-state index is 0.0474. The highest BCUT2D eigenvalue weighted by molar-refractivity contribution is 6.21. The number of methoxy groups -OCH3 is 1. The van der Waals surface area contributed by atoms with E-state index in [4.69, 9.17) is 23.7 Å². The van der Waals surface area contributed by atoms with Gasteiger partial charge in [-0.1, -0.05) is 45.9 Å². The second-order valence-corrected chi connectivity index (χ2v) is 15.8. The minimum Gasteiger partial charge on any atom is -0.507 e. The van der Waals surface area contributed by atoms with Crippen molar-refractivity contribution in [2.45, 2.75) is 98.4 Å². The maximum atomic E-state index is 14.5. The van der Waals surface area contributed by atoms with Crippen molar-refractivity contribution in [3.63, 3.8) is 0 Å². The molecule has 5 bridgehead atoms. The summed E-state index contributed by atoms with van der Waals surface area (Å²) in [5.74, 6) is -7.86. The molecule has 4 aliphatic rings. The third kappa shape index (κ3) is 8.66. The normalized spacial score (nSPS) is 31.6. The second kappa shape index (κ2) is 17.8. The van der Waals surface area contributed by atoms with Crippen LogP contribution in [0.4, 0.5) is 5.69 Å². The summed E-state index contributed by atoms with van der Waals surface area (Å²) in [7, 11) is 1.44. The monoisotopic (exact) mass is 808 g/mol. The quantitative estimate of drug-likeness (QED) is 0.198. The Morgan fingerprint density at radius 2 is 1.64 bits per heavy atom. The number of nitrogens with one attached hydrogen (secondary N) is 1. The van der Waals surface area contributed by atoms with Crippen molar-refractivity contribution in [2.75, 3.05) is 32.1 Å². The molecule has 0 unspecified atom stereocenters. The van der Waals surface area contributed by atoms with Gasteiger partial charge in [-0.05, 0) is 32.8 Å². The fraction of sp³-hybridized carbons (Fsp3) is 0.535. The molecular formula is C43H56N2O13. The molecule has 1 saturated heterocycles. The Balaban J connectivity index is 1.66. The van der Waals surface area contributed by atoms with Crippen molar-refractivity contribution < 1.29 is 63.3 Å². The number of carbonyl (C=O) groups excluding carboxylic acids is 4. The number of ether oxygens (including phenoxy) is 5. The average molecular weight is 809 g/mol. The lowest BCUT2D eigenvalue weighted by Gasteiger charge is -2.38. The van der Waals surface area contributed by atoms with Gasteiger partial charge in [-0.2, -0.15) is 0 Å². The molecule has 0 radical (unpaired) electrons. The largest absolute Gasteiger partial charge is 0.507 e. The fourth-order valence-electron chi connectivity index (χ4n) is 7.95. The summed E-state index contributed by atoms with van der Waals surface area (Å²) < 4.78 is 29.7. The van der Waals surface area contributed by atoms with Crippen molar-refractivity contribution in [1.82, 2.24) is 4.90 Å². The number of rotatable bonds is 5. The molecule has 9 atom stereocenters. The number of esters is 1. The van der Waals surface area contributed by atoms with Crippen LogP contribution in [0.25, 0.3) is 10.8 Å². The summed E-state index contributed by atoms with van der Waals surface area (Å²) in [6.45, 7) is 13.3. The van der Waals surface area contributed by atoms with E-state index in [2.05, 4.69) is 5.32 Å². The number of anilines is 1. The predicted molar refractivity (Wildman–Crippen MR) is 213 cm³/mol. The lowest BCUT2D eigenvalue weighted by Crippen LogP contribution is -2.46. The van der Waals surface area contributed by atoms with Crippen LogP contribution in [0.15, 0.2) is 42.2 Å². The topological polar surface area (TPSA) is 211 Å². The predicted octanol–water partition coefficient (Wildman–Crippen LogP) is 5.05. The number of phenols is 2. The first-order chi connectivity index (χ1) is 27.3. The maximum absolute atomic E-state index is 14.5. The summed E-state index contributed by atoms with van der Waals surface area (Å²) in [5, 5.41) is 48.4. The Bertz CT molecular complexity index is 2020. The van der Waals surface area contributed by atoms with Crippen LogP contribution < -0.4 is 14.8 Å². The number of ketones is 1. The molecule has 2 amide bonds. The zero-order valence-corrected chi connectivity index (χ0v) is 34.5. The number of likely N-dealkylation sites (tertiary alicyclic amines) is 1. The lowest BCUT2D eigenvalue weighted by atomic mass is 9.78. The smallest absolute Gasteiger partial charge is 0.312 e. The molecule has 15 nitrogen and oxygen atoms in total. The van der Waals surface area contributed by atoms with Gasteiger partial charge in [0, 0.05) is 80.3 Å². The van der Waals surface area contributed by atoms with Crippen LogP contribution in [-0.2, 0) is 28.6 Å². The van der Waals surface area contributed by atoms with Gasteiger partial charge < -0.3 is 54.3 Å². The minimum atomic E-state index is -2.01. The van der Waals surface area contributed by atoms with E-state index in [1.54, 1.807) is 44.7 Å². The number of phenolic OH excluding ortho intramolecular Hbond substituents is 2. The third-order valence-electron chi connectivity index (χ3n) is 11.6. The number of allylic oxidation sites excluding steroid dienone is 2. The molecule has 1 fully saturated rings. The summed E-state index contributed by atoms with van der Waals surface area (Å²) in [6, 6.07) is 1.28. The highest BCUT2D eigenvalue weighted by Gasteiger charge is 2.50. The van der Waals surface area contributed by atoms with Crippen LogP contribution in [0.2, 0.25) is 0 Å². The van der Waals surface area contributed by atoms with E-state index in [0.717, 1.165) is 12.8 Å². The van der Waals surface area contributed by atoms with Gasteiger partial charge in [0.2, 0.25) is 0 Å². The SMILES string of the molecule is CO[C@H]1/C=C/O[C@@]2(C)Oc3c(C)c(O)c4c(O)c(cc(OCC(=O)N5CCCC5)c4c3C2=O)NC(=O)/C(C)=C\C=C\[C@@H](C)[C@H](O)[C@@H](C)[C@@H](O)[C@@H](C)[C@H](OC(C)=O)[C@@H]1C. The van der Waals surface area contributed by atoms with Crippen LogP contribution in [0.1, 0.15) is 77.2 Å². The lowest BCUT2D eigenvalue weighted by molar-refractivity contribution is -0.160. The highest BCUT2D eigenvalue weighted by Crippen LogP contribution is 2.54. The van der Waals surface area contributed by atoms with E-state index in [-0.39, 0.29) is 50.6 Å². The van der Waals surface area contributed by atoms with Gasteiger partial charge in [0.1, 0.15) is 23.4 Å². The first-order valence-electron chi connectivity index (χ1n) is 19.6. The second-order valence-electron chi connectivity index (χ2n) is 15.8. The first kappa shape index (κ1) is 44.0. The van der Waals surface area contributed by atoms with Crippen molar-refractivity contribution in [3.05, 3.63) is 53.3 Å². The number of aromatic hydroxyl groups is 2. The molecule has 0 saturated carbocycles. The molecule has 6 rings (SSSR count). The highest BCUT2D eigenvalue weighted by atomic mass is 16.7. The average Bonchev–Trinajstić information content (AvgIpc) is 3.82. The number of benzene rings is 2. The number of hydrogen-bond acceptors (Lipinski definition) is 13. The molecule has 0 aromatic heterocycles. The van der Waals surface area contributed by atoms with Crippen LogP contribution >= 0.6 is 0 Å². The van der Waals surface area contributed by atoms with E-state index in [1.165, 1.54) is 59.3 Å². The molecule has 0 aliphatic carbocycles. The Hall–Kier alpha value is -5.12. The Morgan fingerprint density at radius 3 is 2.28 bits per heavy atom. The third-order valence-corrected chi connectivity index (χ3v) is 11.6. The Labute approximate surface area is 338 Å². The van der Waals surface area contributed by atoms with Gasteiger partial charge in [0.25, 0.3) is 17.6 Å². The van der Waals surface area contributed by atoms with E-state index in [1.807, 2.05) is 0 Å². The fourth-order valence-corrected chi connectivity index (χ4v) is 7.95. The van der Waals surface area contributed by atoms with Gasteiger partial charge in [-0.15, -0.1) is 0 Å². The number of amides is 2. The number of Topliss-reactive ketones (excluding diaryl/α,β-unsaturated/α-hetero) is 1. The molecule has 4 heterocycles. The van der Waals surface area contributed by atoms with Gasteiger partial charge in [0.05, 0.1) is 41.2 Å². The number of hydrogen-bond donors (Lipinski definition) is 5. The van der Waals surface area contributed by atoms with Crippen molar-refractivity contribution in [2.24, 2.45) is 23.7 Å². The number of aliphatic hydroxyl groups excluding tert-OH is 2. The molecule has 2 aromatic carbocycles. The zero-order valence-electron chi connectivity index (χ0n) is 34.5. The summed E-state index contributed by atoms with van der Waals surface area (Å²) in [4.78, 5) is 55.1. The molecule has 316 valence electrons. The molecule has 0 spiro atoms. The Kier molecular flexibility index (Phi) is 13.5. The summed E-state index contributed by atoms with van der Waals surface area (Å²) in [6.07, 6.45) is 5.34. The first-order valence-corrected chi connectivity index (χ1v) is 19.6. The molecule has 2 aromatic rings. The van der Waals surface area contributed by atoms with Gasteiger partial charge in [0.15, 0.2) is 12.4 Å². The van der Waals surface area contributed by atoms with E-state index in [0.29, 0.717) is 13.1 Å². The standard InChI is InChI=1S/C43H56N2O13/c1-21-13-12-14-22(2)42(53)44-28-19-30(55-20-31(47)45-16-10-11-17-45)32-33(38(28)51)37(50)26(6)40-34(32)41(52)43(8,58-40)56-18-15-29(54-9)23(3)39(57-27(7)46)25(5)36(49)24(4)35(21)48/h12-15,18-19,21,23-25,29,35-36,39,48-51H,10-11,16-17,20H2,1-9H3,(H,44,53)/b13-12+,18-15+,22-14-/t21-,23-,24-,25-,29+,35+,36-,39-,43+/m1/s1. The van der Waals surface area contributed by atoms with E-state index >= 15 is 0 Å². The molecule has 15 heteroatoms. The molecule has 58 heavy (non-hydrogen) atoms. The van der Waals surface area contributed by atoms with Gasteiger partial charge >= 0.3 is 11.8 Å². The maximum Gasteiger partial charge on any atom is 0.312 e. The summed E-state index contributed by atoms with van der Waals surface area (Å²) in [5.41, 5.74) is 0.0313. The van der Waals surface area contributed by atoms with Crippen molar-refractivity contribution >= 4 is 40.0 Å². The zero-order chi connectivity index (χ0) is 42.8. The van der Waals surface area contributed by atoms with E-state index < -0.39 is 89.6 Å². The molecular weight excluding hydrogens is 752 g/mol. The van der Waals surface area contributed by atoms with Crippen LogP contribution in [-0.4, -0.2) is 106 Å². The number of fused-ring (bicyclic) bond motifs is 14. The number of aliphatic hydroxyl groups is 2.